The number of benzene rings is 3. The zero-order chi connectivity index (χ0) is 21.2. The molecule has 0 saturated carbocycles. The molecule has 0 aromatic heterocycles. The Morgan fingerprint density at radius 2 is 1.50 bits per heavy atom. The molecule has 0 saturated heterocycles. The van der Waals surface area contributed by atoms with Gasteiger partial charge in [0.05, 0.1) is 11.3 Å². The Labute approximate surface area is 174 Å². The molecule has 0 fully saturated rings. The highest BCUT2D eigenvalue weighted by atomic mass is 16.5. The summed E-state index contributed by atoms with van der Waals surface area (Å²) < 4.78 is 11.3. The zero-order valence-electron chi connectivity index (χ0n) is 16.2. The van der Waals surface area contributed by atoms with Gasteiger partial charge in [0, 0.05) is 6.08 Å². The highest BCUT2D eigenvalue weighted by molar-refractivity contribution is 6.02. The third kappa shape index (κ3) is 6.24. The third-order valence-electron chi connectivity index (χ3n) is 4.08. The van der Waals surface area contributed by atoms with Crippen LogP contribution >= 0.6 is 0 Å². The van der Waals surface area contributed by atoms with Gasteiger partial charge in [0.25, 0.3) is 0 Å². The van der Waals surface area contributed by atoms with Crippen LogP contribution in [0.3, 0.4) is 0 Å². The molecule has 0 heterocycles. The summed E-state index contributed by atoms with van der Waals surface area (Å²) in [5.74, 6) is -0.160. The average Bonchev–Trinajstić information content (AvgIpc) is 2.77. The van der Waals surface area contributed by atoms with Gasteiger partial charge in [-0.2, -0.15) is 0 Å². The van der Waals surface area contributed by atoms with Gasteiger partial charge in [-0.15, -0.1) is 0 Å². The number of hydrogen-bond acceptors (Lipinski definition) is 4. The summed E-state index contributed by atoms with van der Waals surface area (Å²) in [5, 5.41) is 11.7. The van der Waals surface area contributed by atoms with E-state index in [0.29, 0.717) is 17.2 Å². The first-order chi connectivity index (χ1) is 14.6. The highest BCUT2D eigenvalue weighted by Gasteiger charge is 2.06. The van der Waals surface area contributed by atoms with E-state index in [9.17, 15) is 9.59 Å². The number of hydrogen-bond donors (Lipinski definition) is 2. The molecule has 0 aliphatic carbocycles. The van der Waals surface area contributed by atoms with Crippen molar-refractivity contribution >= 4 is 23.6 Å². The summed E-state index contributed by atoms with van der Waals surface area (Å²) in [6.07, 6.45) is 3.21. The van der Waals surface area contributed by atoms with Crippen LogP contribution in [0.15, 0.2) is 84.9 Å². The van der Waals surface area contributed by atoms with Gasteiger partial charge in [0.1, 0.15) is 24.7 Å². The number of amides is 1. The molecule has 3 rings (SSSR count). The molecule has 2 N–H and O–H groups in total. The Kier molecular flexibility index (Phi) is 7.22. The Bertz CT molecular complexity index is 1010. The number of carbonyl (C=O) groups excluding carboxylic acids is 1. The molecular formula is C24H21NO5. The van der Waals surface area contributed by atoms with E-state index in [1.807, 2.05) is 42.5 Å². The molecule has 0 atom stereocenters. The SMILES string of the molecule is O=C(/C=C/c1ccccc1)Nc1ccccc1OCCOc1ccc(C(=O)O)cc1. The lowest BCUT2D eigenvalue weighted by Crippen LogP contribution is -2.12. The molecule has 6 heteroatoms. The maximum Gasteiger partial charge on any atom is 0.335 e. The molecular weight excluding hydrogens is 382 g/mol. The summed E-state index contributed by atoms with van der Waals surface area (Å²) in [4.78, 5) is 23.1. The number of carboxylic acids is 1. The second-order valence-corrected chi connectivity index (χ2v) is 6.26. The van der Waals surface area contributed by atoms with Gasteiger partial charge in [-0.3, -0.25) is 4.79 Å². The molecule has 0 aliphatic rings. The van der Waals surface area contributed by atoms with E-state index in [4.69, 9.17) is 14.6 Å². The first-order valence-corrected chi connectivity index (χ1v) is 9.34. The van der Waals surface area contributed by atoms with Gasteiger partial charge in [0.15, 0.2) is 0 Å². The topological polar surface area (TPSA) is 84.9 Å². The standard InChI is InChI=1S/C24H21NO5/c26-23(15-10-18-6-2-1-3-7-18)25-21-8-4-5-9-22(21)30-17-16-29-20-13-11-19(12-14-20)24(27)28/h1-15H,16-17H2,(H,25,26)(H,27,28)/b15-10+. The smallest absolute Gasteiger partial charge is 0.335 e. The monoisotopic (exact) mass is 403 g/mol. The second-order valence-electron chi connectivity index (χ2n) is 6.26. The average molecular weight is 403 g/mol. The van der Waals surface area contributed by atoms with E-state index >= 15 is 0 Å². The summed E-state index contributed by atoms with van der Waals surface area (Å²) in [5.41, 5.74) is 1.70. The second kappa shape index (κ2) is 10.5. The van der Waals surface area contributed by atoms with Gasteiger partial charge in [-0.1, -0.05) is 42.5 Å². The van der Waals surface area contributed by atoms with Crippen LogP contribution in [-0.4, -0.2) is 30.2 Å². The maximum atomic E-state index is 12.2. The number of rotatable bonds is 9. The zero-order valence-corrected chi connectivity index (χ0v) is 16.2. The summed E-state index contributed by atoms with van der Waals surface area (Å²) in [7, 11) is 0. The molecule has 0 aliphatic heterocycles. The van der Waals surface area contributed by atoms with Crippen molar-refractivity contribution in [1.82, 2.24) is 0 Å². The lowest BCUT2D eigenvalue weighted by atomic mass is 10.2. The number of carbonyl (C=O) groups is 2. The summed E-state index contributed by atoms with van der Waals surface area (Å²) in [6.45, 7) is 0.524. The Morgan fingerprint density at radius 3 is 2.23 bits per heavy atom. The number of carboxylic acid groups (broad SMARTS) is 1. The minimum absolute atomic E-state index is 0.199. The molecule has 3 aromatic carbocycles. The molecule has 0 spiro atoms. The van der Waals surface area contributed by atoms with E-state index in [0.717, 1.165) is 5.56 Å². The van der Waals surface area contributed by atoms with Crippen molar-refractivity contribution in [3.63, 3.8) is 0 Å². The van der Waals surface area contributed by atoms with Crippen molar-refractivity contribution in [2.75, 3.05) is 18.5 Å². The van der Waals surface area contributed by atoms with Crippen molar-refractivity contribution in [2.24, 2.45) is 0 Å². The first-order valence-electron chi connectivity index (χ1n) is 9.34. The van der Waals surface area contributed by atoms with E-state index in [2.05, 4.69) is 5.32 Å². The van der Waals surface area contributed by atoms with Gasteiger partial charge in [0.2, 0.25) is 5.91 Å². The van der Waals surface area contributed by atoms with Crippen molar-refractivity contribution < 1.29 is 24.2 Å². The summed E-state index contributed by atoms with van der Waals surface area (Å²) in [6, 6.07) is 22.8. The van der Waals surface area contributed by atoms with Crippen LogP contribution in [0, 0.1) is 0 Å². The quantitative estimate of drug-likeness (QED) is 0.406. The molecule has 152 valence electrons. The van der Waals surface area contributed by atoms with E-state index in [1.54, 1.807) is 30.3 Å². The number of nitrogens with one attached hydrogen (secondary N) is 1. The molecule has 3 aromatic rings. The molecule has 0 radical (unpaired) electrons. The minimum Gasteiger partial charge on any atom is -0.490 e. The normalized spacial score (nSPS) is 10.5. The van der Waals surface area contributed by atoms with E-state index in [1.165, 1.54) is 18.2 Å². The van der Waals surface area contributed by atoms with Crippen molar-refractivity contribution in [1.29, 1.82) is 0 Å². The van der Waals surface area contributed by atoms with Gasteiger partial charge in [-0.05, 0) is 48.0 Å². The van der Waals surface area contributed by atoms with E-state index in [-0.39, 0.29) is 24.7 Å². The number of aromatic carboxylic acids is 1. The fourth-order valence-corrected chi connectivity index (χ4v) is 2.61. The molecule has 6 nitrogen and oxygen atoms in total. The first kappa shape index (κ1) is 20.7. The van der Waals surface area contributed by atoms with Crippen LogP contribution in [0.1, 0.15) is 15.9 Å². The fraction of sp³-hybridized carbons (Fsp3) is 0.0833. The molecule has 0 bridgehead atoms. The third-order valence-corrected chi connectivity index (χ3v) is 4.08. The van der Waals surface area contributed by atoms with Crippen LogP contribution in [-0.2, 0) is 4.79 Å². The fourth-order valence-electron chi connectivity index (χ4n) is 2.61. The van der Waals surface area contributed by atoms with Crippen LogP contribution in [0.2, 0.25) is 0 Å². The summed E-state index contributed by atoms with van der Waals surface area (Å²) >= 11 is 0. The molecule has 1 amide bonds. The Balaban J connectivity index is 1.50. The predicted molar refractivity (Wildman–Crippen MR) is 115 cm³/mol. The number of anilines is 1. The van der Waals surface area contributed by atoms with Crippen molar-refractivity contribution in [3.05, 3.63) is 96.1 Å². The van der Waals surface area contributed by atoms with Gasteiger partial charge >= 0.3 is 5.97 Å². The van der Waals surface area contributed by atoms with Gasteiger partial charge in [-0.25, -0.2) is 4.79 Å². The lowest BCUT2D eigenvalue weighted by molar-refractivity contribution is -0.111. The number of ether oxygens (including phenoxy) is 2. The van der Waals surface area contributed by atoms with Crippen LogP contribution in [0.4, 0.5) is 5.69 Å². The number of para-hydroxylation sites is 2. The Hall–Kier alpha value is -4.06. The predicted octanol–water partition coefficient (Wildman–Crippen LogP) is 4.49. The minimum atomic E-state index is -0.984. The molecule has 0 unspecified atom stereocenters. The van der Waals surface area contributed by atoms with Crippen LogP contribution < -0.4 is 14.8 Å². The highest BCUT2D eigenvalue weighted by Crippen LogP contribution is 2.24. The molecule has 30 heavy (non-hydrogen) atoms. The van der Waals surface area contributed by atoms with E-state index < -0.39 is 5.97 Å². The lowest BCUT2D eigenvalue weighted by Gasteiger charge is -2.12. The largest absolute Gasteiger partial charge is 0.490 e. The van der Waals surface area contributed by atoms with Crippen molar-refractivity contribution in [2.45, 2.75) is 0 Å². The van der Waals surface area contributed by atoms with Crippen LogP contribution in [0.25, 0.3) is 6.08 Å². The van der Waals surface area contributed by atoms with Gasteiger partial charge < -0.3 is 19.9 Å². The van der Waals surface area contributed by atoms with Crippen LogP contribution in [0.5, 0.6) is 11.5 Å². The maximum absolute atomic E-state index is 12.2. The Morgan fingerprint density at radius 1 is 0.833 bits per heavy atom. The van der Waals surface area contributed by atoms with Crippen molar-refractivity contribution in [3.8, 4) is 11.5 Å².